The van der Waals surface area contributed by atoms with Crippen LogP contribution in [0.15, 0.2) is 47.4 Å². The zero-order valence-corrected chi connectivity index (χ0v) is 12.3. The zero-order valence-electron chi connectivity index (χ0n) is 11.5. The molecule has 21 heavy (non-hydrogen) atoms. The topological polar surface area (TPSA) is 62.1 Å². The third kappa shape index (κ3) is 4.20. The SMILES string of the molecule is COc1ccc(C=C(C#N)C(=O)NCc2cccs2)cc1. The highest BCUT2D eigenvalue weighted by Crippen LogP contribution is 2.14. The highest BCUT2D eigenvalue weighted by molar-refractivity contribution is 7.09. The molecule has 1 N–H and O–H groups in total. The quantitative estimate of drug-likeness (QED) is 0.682. The minimum atomic E-state index is -0.373. The molecule has 0 spiro atoms. The first kappa shape index (κ1) is 14.8. The molecule has 2 aromatic rings. The van der Waals surface area contributed by atoms with E-state index in [1.165, 1.54) is 0 Å². The van der Waals surface area contributed by atoms with Crippen LogP contribution in [0.1, 0.15) is 10.4 Å². The van der Waals surface area contributed by atoms with Crippen LogP contribution in [0.3, 0.4) is 0 Å². The number of carbonyl (C=O) groups is 1. The van der Waals surface area contributed by atoms with Crippen molar-refractivity contribution in [1.29, 1.82) is 5.26 Å². The summed E-state index contributed by atoms with van der Waals surface area (Å²) in [4.78, 5) is 13.0. The first-order valence-electron chi connectivity index (χ1n) is 6.29. The lowest BCUT2D eigenvalue weighted by Gasteiger charge is -2.03. The lowest BCUT2D eigenvalue weighted by molar-refractivity contribution is -0.117. The number of rotatable bonds is 5. The van der Waals surface area contributed by atoms with Crippen molar-refractivity contribution in [2.24, 2.45) is 0 Å². The van der Waals surface area contributed by atoms with Crippen molar-refractivity contribution in [2.75, 3.05) is 7.11 Å². The Morgan fingerprint density at radius 2 is 2.14 bits per heavy atom. The van der Waals surface area contributed by atoms with Crippen LogP contribution in [-0.2, 0) is 11.3 Å². The van der Waals surface area contributed by atoms with Gasteiger partial charge in [-0.1, -0.05) is 18.2 Å². The van der Waals surface area contributed by atoms with Gasteiger partial charge in [0.1, 0.15) is 17.4 Å². The maximum Gasteiger partial charge on any atom is 0.262 e. The molecule has 0 unspecified atom stereocenters. The van der Waals surface area contributed by atoms with Crippen molar-refractivity contribution in [2.45, 2.75) is 6.54 Å². The van der Waals surface area contributed by atoms with Gasteiger partial charge in [-0.05, 0) is 35.2 Å². The van der Waals surface area contributed by atoms with E-state index >= 15 is 0 Å². The Morgan fingerprint density at radius 3 is 2.71 bits per heavy atom. The number of nitrogens with zero attached hydrogens (tertiary/aromatic N) is 1. The van der Waals surface area contributed by atoms with Gasteiger partial charge in [0.25, 0.3) is 5.91 Å². The Balaban J connectivity index is 2.05. The van der Waals surface area contributed by atoms with Gasteiger partial charge >= 0.3 is 0 Å². The minimum absolute atomic E-state index is 0.0803. The normalized spacial score (nSPS) is 10.8. The fourth-order valence-electron chi connectivity index (χ4n) is 1.69. The summed E-state index contributed by atoms with van der Waals surface area (Å²) in [5.74, 6) is 0.356. The van der Waals surface area contributed by atoms with E-state index in [2.05, 4.69) is 5.32 Å². The maximum absolute atomic E-state index is 12.0. The largest absolute Gasteiger partial charge is 0.497 e. The molecule has 106 valence electrons. The molecule has 0 aliphatic heterocycles. The van der Waals surface area contributed by atoms with Gasteiger partial charge in [0.2, 0.25) is 0 Å². The highest BCUT2D eigenvalue weighted by atomic mass is 32.1. The summed E-state index contributed by atoms with van der Waals surface area (Å²) < 4.78 is 5.06. The van der Waals surface area contributed by atoms with E-state index in [0.29, 0.717) is 6.54 Å². The number of carbonyl (C=O) groups excluding carboxylic acids is 1. The second-order valence-electron chi connectivity index (χ2n) is 4.21. The van der Waals surface area contributed by atoms with Crippen LogP contribution in [0.25, 0.3) is 6.08 Å². The van der Waals surface area contributed by atoms with Crippen LogP contribution in [0.5, 0.6) is 5.75 Å². The number of nitrogens with one attached hydrogen (secondary N) is 1. The lowest BCUT2D eigenvalue weighted by Crippen LogP contribution is -2.23. The molecule has 0 radical (unpaired) electrons. The van der Waals surface area contributed by atoms with Gasteiger partial charge in [-0.3, -0.25) is 4.79 Å². The number of hydrogen-bond donors (Lipinski definition) is 1. The molecule has 0 fully saturated rings. The van der Waals surface area contributed by atoms with E-state index in [4.69, 9.17) is 10.00 Å². The molecule has 1 aromatic heterocycles. The standard InChI is InChI=1S/C16H14N2O2S/c1-20-14-6-4-12(5-7-14)9-13(10-17)16(19)18-11-15-3-2-8-21-15/h2-9H,11H2,1H3,(H,18,19). The number of amides is 1. The van der Waals surface area contributed by atoms with E-state index in [1.807, 2.05) is 23.6 Å². The van der Waals surface area contributed by atoms with Gasteiger partial charge in [0.15, 0.2) is 0 Å². The summed E-state index contributed by atoms with van der Waals surface area (Å²) in [5, 5.41) is 13.8. The van der Waals surface area contributed by atoms with Gasteiger partial charge in [0, 0.05) is 4.88 Å². The summed E-state index contributed by atoms with van der Waals surface area (Å²) >= 11 is 1.56. The fourth-order valence-corrected chi connectivity index (χ4v) is 2.34. The smallest absolute Gasteiger partial charge is 0.262 e. The van der Waals surface area contributed by atoms with Gasteiger partial charge in [-0.15, -0.1) is 11.3 Å². The zero-order chi connectivity index (χ0) is 15.1. The average Bonchev–Trinajstić information content (AvgIpc) is 3.04. The first-order valence-corrected chi connectivity index (χ1v) is 7.17. The van der Waals surface area contributed by atoms with Crippen LogP contribution in [0.4, 0.5) is 0 Å². The monoisotopic (exact) mass is 298 g/mol. The second kappa shape index (κ2) is 7.27. The van der Waals surface area contributed by atoms with E-state index < -0.39 is 0 Å². The van der Waals surface area contributed by atoms with Crippen molar-refractivity contribution >= 4 is 23.3 Å². The van der Waals surface area contributed by atoms with E-state index in [1.54, 1.807) is 48.8 Å². The predicted octanol–water partition coefficient (Wildman–Crippen LogP) is 2.98. The van der Waals surface area contributed by atoms with Crippen molar-refractivity contribution in [3.63, 3.8) is 0 Å². The van der Waals surface area contributed by atoms with Crippen LogP contribution < -0.4 is 10.1 Å². The molecule has 2 rings (SSSR count). The van der Waals surface area contributed by atoms with Crippen molar-refractivity contribution in [3.8, 4) is 11.8 Å². The Morgan fingerprint density at radius 1 is 1.38 bits per heavy atom. The predicted molar refractivity (Wildman–Crippen MR) is 82.7 cm³/mol. The van der Waals surface area contributed by atoms with Crippen LogP contribution in [-0.4, -0.2) is 13.0 Å². The van der Waals surface area contributed by atoms with E-state index in [9.17, 15) is 4.79 Å². The van der Waals surface area contributed by atoms with Gasteiger partial charge in [-0.25, -0.2) is 0 Å². The van der Waals surface area contributed by atoms with Crippen molar-refractivity contribution in [3.05, 3.63) is 57.8 Å². The summed E-state index contributed by atoms with van der Waals surface area (Å²) in [5.41, 5.74) is 0.857. The fraction of sp³-hybridized carbons (Fsp3) is 0.125. The van der Waals surface area contributed by atoms with Gasteiger partial charge in [0.05, 0.1) is 13.7 Å². The summed E-state index contributed by atoms with van der Waals surface area (Å²) in [7, 11) is 1.59. The number of thiophene rings is 1. The van der Waals surface area contributed by atoms with Crippen molar-refractivity contribution in [1.82, 2.24) is 5.32 Å². The molecule has 4 nitrogen and oxygen atoms in total. The Labute approximate surface area is 127 Å². The van der Waals surface area contributed by atoms with E-state index in [0.717, 1.165) is 16.2 Å². The lowest BCUT2D eigenvalue weighted by atomic mass is 10.1. The molecular formula is C16H14N2O2S. The first-order chi connectivity index (χ1) is 10.2. The Kier molecular flexibility index (Phi) is 5.13. The Hall–Kier alpha value is -2.58. The van der Waals surface area contributed by atoms with Crippen LogP contribution >= 0.6 is 11.3 Å². The molecule has 1 aromatic carbocycles. The number of benzene rings is 1. The molecule has 0 saturated heterocycles. The van der Waals surface area contributed by atoms with Crippen molar-refractivity contribution < 1.29 is 9.53 Å². The number of ether oxygens (including phenoxy) is 1. The Bertz CT molecular complexity index is 667. The van der Waals surface area contributed by atoms with Gasteiger partial charge < -0.3 is 10.1 Å². The molecule has 1 amide bonds. The summed E-state index contributed by atoms with van der Waals surface area (Å²) in [6.07, 6.45) is 1.56. The number of hydrogen-bond acceptors (Lipinski definition) is 4. The van der Waals surface area contributed by atoms with Crippen LogP contribution in [0.2, 0.25) is 0 Å². The van der Waals surface area contributed by atoms with Gasteiger partial charge in [-0.2, -0.15) is 5.26 Å². The summed E-state index contributed by atoms with van der Waals surface area (Å²) in [6.45, 7) is 0.429. The minimum Gasteiger partial charge on any atom is -0.497 e. The maximum atomic E-state index is 12.0. The highest BCUT2D eigenvalue weighted by Gasteiger charge is 2.08. The molecule has 5 heteroatoms. The summed E-state index contributed by atoms with van der Waals surface area (Å²) in [6, 6.07) is 12.9. The number of methoxy groups -OCH3 is 1. The molecular weight excluding hydrogens is 284 g/mol. The molecule has 0 atom stereocenters. The third-order valence-corrected chi connectivity index (χ3v) is 3.67. The van der Waals surface area contributed by atoms with E-state index in [-0.39, 0.29) is 11.5 Å². The molecule has 0 bridgehead atoms. The number of nitriles is 1. The third-order valence-electron chi connectivity index (χ3n) is 2.80. The average molecular weight is 298 g/mol. The molecule has 1 heterocycles. The van der Waals surface area contributed by atoms with Crippen LogP contribution in [0, 0.1) is 11.3 Å². The molecule has 0 saturated carbocycles. The second-order valence-corrected chi connectivity index (χ2v) is 5.24. The molecule has 0 aliphatic carbocycles. The molecule has 0 aliphatic rings.